The Kier molecular flexibility index (Phi) is 5.23. The molecule has 1 aliphatic carbocycles. The van der Waals surface area contributed by atoms with Crippen LogP contribution in [0.5, 0.6) is 0 Å². The lowest BCUT2D eigenvalue weighted by Gasteiger charge is -2.15. The van der Waals surface area contributed by atoms with Crippen LogP contribution < -0.4 is 10.6 Å². The molecule has 26 heavy (non-hydrogen) atoms. The molecule has 0 bridgehead atoms. The van der Waals surface area contributed by atoms with Crippen molar-refractivity contribution in [1.29, 1.82) is 0 Å². The summed E-state index contributed by atoms with van der Waals surface area (Å²) in [5, 5.41) is 27.2. The lowest BCUT2D eigenvalue weighted by molar-refractivity contribution is -0.125. The predicted octanol–water partition coefficient (Wildman–Crippen LogP) is -0.0494. The van der Waals surface area contributed by atoms with Crippen molar-refractivity contribution in [2.75, 3.05) is 0 Å². The number of nitrogens with zero attached hydrogens (tertiary/aromatic N) is 4. The number of nitrogens with one attached hydrogen (secondary N) is 2. The molecule has 0 saturated heterocycles. The standard InChI is InChI=1S/C15H19ClN6O4/c1-7-11(21-26-20-7)5-17-14(24)8-3-10(12(23)4-8)18-15(25)13-9(16)6-22(2)19-13/h6,8,10,12,23H,3-5H2,1-2H3,(H,17,24)(H,18,25)/t8-,10-,12-/m0/s1. The van der Waals surface area contributed by atoms with Crippen LogP contribution in [-0.4, -0.2) is 49.2 Å². The molecule has 3 N–H and O–H groups in total. The first kappa shape index (κ1) is 18.3. The maximum atomic E-state index is 12.3. The molecule has 10 nitrogen and oxygen atoms in total. The Bertz CT molecular complexity index is 819. The van der Waals surface area contributed by atoms with Crippen LogP contribution in [0.4, 0.5) is 0 Å². The van der Waals surface area contributed by atoms with E-state index >= 15 is 0 Å². The van der Waals surface area contributed by atoms with Crippen molar-refractivity contribution in [3.63, 3.8) is 0 Å². The van der Waals surface area contributed by atoms with E-state index in [-0.39, 0.29) is 29.6 Å². The fraction of sp³-hybridized carbons (Fsp3) is 0.533. The molecule has 11 heteroatoms. The lowest BCUT2D eigenvalue weighted by Crippen LogP contribution is -2.40. The first-order valence-electron chi connectivity index (χ1n) is 8.09. The van der Waals surface area contributed by atoms with E-state index in [1.807, 2.05) is 0 Å². The van der Waals surface area contributed by atoms with E-state index < -0.39 is 24.0 Å². The average molecular weight is 383 g/mol. The van der Waals surface area contributed by atoms with Crippen LogP contribution in [0, 0.1) is 12.8 Å². The van der Waals surface area contributed by atoms with E-state index in [2.05, 4.69) is 30.7 Å². The van der Waals surface area contributed by atoms with Crippen LogP contribution >= 0.6 is 11.6 Å². The molecule has 0 aliphatic heterocycles. The van der Waals surface area contributed by atoms with Gasteiger partial charge in [0.05, 0.1) is 23.7 Å². The van der Waals surface area contributed by atoms with E-state index in [1.165, 1.54) is 10.9 Å². The molecule has 2 aromatic rings. The summed E-state index contributed by atoms with van der Waals surface area (Å²) in [6, 6.07) is -0.549. The minimum Gasteiger partial charge on any atom is -0.391 e. The predicted molar refractivity (Wildman–Crippen MR) is 89.1 cm³/mol. The van der Waals surface area contributed by atoms with Gasteiger partial charge in [-0.2, -0.15) is 5.10 Å². The van der Waals surface area contributed by atoms with Crippen molar-refractivity contribution in [3.05, 3.63) is 28.3 Å². The highest BCUT2D eigenvalue weighted by molar-refractivity contribution is 6.33. The molecule has 2 aromatic heterocycles. The highest BCUT2D eigenvalue weighted by Gasteiger charge is 2.38. The minimum atomic E-state index is -0.826. The summed E-state index contributed by atoms with van der Waals surface area (Å²) in [5.74, 6) is -1.13. The lowest BCUT2D eigenvalue weighted by atomic mass is 10.1. The third-order valence-electron chi connectivity index (χ3n) is 4.39. The van der Waals surface area contributed by atoms with Crippen LogP contribution in [0.25, 0.3) is 0 Å². The van der Waals surface area contributed by atoms with Gasteiger partial charge in [-0.25, -0.2) is 4.63 Å². The second-order valence-electron chi connectivity index (χ2n) is 6.33. The van der Waals surface area contributed by atoms with Gasteiger partial charge in [-0.15, -0.1) is 0 Å². The molecule has 1 aliphatic rings. The van der Waals surface area contributed by atoms with Gasteiger partial charge in [-0.05, 0) is 19.8 Å². The topological polar surface area (TPSA) is 135 Å². The summed E-state index contributed by atoms with van der Waals surface area (Å²) >= 11 is 5.95. The van der Waals surface area contributed by atoms with Gasteiger partial charge < -0.3 is 15.7 Å². The van der Waals surface area contributed by atoms with Gasteiger partial charge in [0.1, 0.15) is 11.4 Å². The molecule has 0 unspecified atom stereocenters. The molecule has 0 radical (unpaired) electrons. The summed E-state index contributed by atoms with van der Waals surface area (Å²) < 4.78 is 6.01. The van der Waals surface area contributed by atoms with E-state index in [0.29, 0.717) is 17.8 Å². The largest absolute Gasteiger partial charge is 0.391 e. The number of aromatic nitrogens is 4. The van der Waals surface area contributed by atoms with E-state index in [1.54, 1.807) is 14.0 Å². The molecule has 0 spiro atoms. The van der Waals surface area contributed by atoms with Gasteiger partial charge in [-0.3, -0.25) is 14.3 Å². The normalized spacial score (nSPS) is 22.4. The number of halogens is 1. The van der Waals surface area contributed by atoms with Crippen LogP contribution in [0.1, 0.15) is 34.7 Å². The molecule has 2 heterocycles. The molecule has 3 rings (SSSR count). The second kappa shape index (κ2) is 7.42. The average Bonchev–Trinajstić information content (AvgIpc) is 3.25. The number of amides is 2. The summed E-state index contributed by atoms with van der Waals surface area (Å²) in [4.78, 5) is 24.6. The van der Waals surface area contributed by atoms with Crippen LogP contribution in [0.3, 0.4) is 0 Å². The first-order chi connectivity index (χ1) is 12.3. The van der Waals surface area contributed by atoms with Gasteiger partial charge in [-0.1, -0.05) is 21.9 Å². The van der Waals surface area contributed by atoms with Crippen molar-refractivity contribution in [2.45, 2.75) is 38.5 Å². The summed E-state index contributed by atoms with van der Waals surface area (Å²) in [6.07, 6.45) is 1.26. The first-order valence-corrected chi connectivity index (χ1v) is 8.46. The Labute approximate surface area is 153 Å². The fourth-order valence-corrected chi connectivity index (χ4v) is 3.22. The smallest absolute Gasteiger partial charge is 0.273 e. The highest BCUT2D eigenvalue weighted by Crippen LogP contribution is 2.27. The Balaban J connectivity index is 1.55. The summed E-state index contributed by atoms with van der Waals surface area (Å²) in [6.45, 7) is 1.92. The summed E-state index contributed by atoms with van der Waals surface area (Å²) in [7, 11) is 1.65. The zero-order valence-corrected chi connectivity index (χ0v) is 15.0. The van der Waals surface area contributed by atoms with E-state index in [9.17, 15) is 14.7 Å². The third-order valence-corrected chi connectivity index (χ3v) is 4.67. The summed E-state index contributed by atoms with van der Waals surface area (Å²) in [5.41, 5.74) is 1.24. The maximum Gasteiger partial charge on any atom is 0.273 e. The number of aliphatic hydroxyl groups excluding tert-OH is 1. The Morgan fingerprint density at radius 3 is 2.81 bits per heavy atom. The zero-order valence-electron chi connectivity index (χ0n) is 14.3. The Hall–Kier alpha value is -2.46. The van der Waals surface area contributed by atoms with Crippen LogP contribution in [0.2, 0.25) is 5.02 Å². The van der Waals surface area contributed by atoms with Gasteiger partial charge in [0.15, 0.2) is 5.69 Å². The van der Waals surface area contributed by atoms with Gasteiger partial charge in [0.25, 0.3) is 5.91 Å². The number of carbonyl (C=O) groups excluding carboxylic acids is 2. The van der Waals surface area contributed by atoms with E-state index in [0.717, 1.165) is 0 Å². The molecule has 1 fully saturated rings. The number of aryl methyl sites for hydroxylation is 2. The number of hydrogen-bond donors (Lipinski definition) is 3. The minimum absolute atomic E-state index is 0.0864. The zero-order chi connectivity index (χ0) is 18.8. The fourth-order valence-electron chi connectivity index (χ4n) is 2.96. The quantitative estimate of drug-likeness (QED) is 0.659. The SMILES string of the molecule is Cc1nonc1CNC(=O)[C@H]1C[C@H](NC(=O)c2nn(C)cc2Cl)[C@@H](O)C1. The van der Waals surface area contributed by atoms with Crippen LogP contribution in [-0.2, 0) is 18.4 Å². The molecule has 2 amide bonds. The maximum absolute atomic E-state index is 12.3. The van der Waals surface area contributed by atoms with Crippen molar-refractivity contribution < 1.29 is 19.3 Å². The Morgan fingerprint density at radius 1 is 1.42 bits per heavy atom. The second-order valence-corrected chi connectivity index (χ2v) is 6.74. The van der Waals surface area contributed by atoms with Crippen molar-refractivity contribution in [3.8, 4) is 0 Å². The number of hydrogen-bond acceptors (Lipinski definition) is 7. The number of aliphatic hydroxyl groups is 1. The molecular formula is C15H19ClN6O4. The van der Waals surface area contributed by atoms with Gasteiger partial charge in [0.2, 0.25) is 5.91 Å². The van der Waals surface area contributed by atoms with Crippen molar-refractivity contribution in [1.82, 2.24) is 30.7 Å². The van der Waals surface area contributed by atoms with Gasteiger partial charge in [0, 0.05) is 19.2 Å². The molecule has 0 aromatic carbocycles. The number of rotatable bonds is 5. The van der Waals surface area contributed by atoms with Crippen molar-refractivity contribution in [2.24, 2.45) is 13.0 Å². The van der Waals surface area contributed by atoms with E-state index in [4.69, 9.17) is 11.6 Å². The number of carbonyl (C=O) groups is 2. The van der Waals surface area contributed by atoms with Crippen LogP contribution in [0.15, 0.2) is 10.8 Å². The van der Waals surface area contributed by atoms with Gasteiger partial charge >= 0.3 is 0 Å². The third kappa shape index (κ3) is 3.86. The molecule has 3 atom stereocenters. The monoisotopic (exact) mass is 382 g/mol. The Morgan fingerprint density at radius 2 is 2.19 bits per heavy atom. The van der Waals surface area contributed by atoms with Crippen molar-refractivity contribution >= 4 is 23.4 Å². The molecule has 140 valence electrons. The molecular weight excluding hydrogens is 364 g/mol. The molecule has 1 saturated carbocycles. The highest BCUT2D eigenvalue weighted by atomic mass is 35.5.